The molecule has 2 atom stereocenters. The van der Waals surface area contributed by atoms with Crippen LogP contribution in [0.15, 0.2) is 0 Å². The highest BCUT2D eigenvalue weighted by Crippen LogP contribution is 2.45. The van der Waals surface area contributed by atoms with E-state index in [1.807, 2.05) is 0 Å². The molecule has 0 aromatic heterocycles. The van der Waals surface area contributed by atoms with Gasteiger partial charge in [-0.1, -0.05) is 20.3 Å². The molecule has 0 aromatic carbocycles. The summed E-state index contributed by atoms with van der Waals surface area (Å²) in [5, 5.41) is 3.61. The number of rotatable bonds is 4. The highest BCUT2D eigenvalue weighted by atomic mass is 16.5. The first kappa shape index (κ1) is 13.4. The fourth-order valence-corrected chi connectivity index (χ4v) is 3.92. The van der Waals surface area contributed by atoms with Crippen LogP contribution in [0.2, 0.25) is 0 Å². The number of ether oxygens (including phenoxy) is 1. The van der Waals surface area contributed by atoms with Gasteiger partial charge in [0.1, 0.15) is 0 Å². The van der Waals surface area contributed by atoms with Gasteiger partial charge in [0, 0.05) is 19.3 Å². The van der Waals surface area contributed by atoms with Crippen molar-refractivity contribution < 1.29 is 4.74 Å². The molecule has 1 aliphatic heterocycles. The van der Waals surface area contributed by atoms with Crippen LogP contribution in [0.5, 0.6) is 0 Å². The van der Waals surface area contributed by atoms with E-state index >= 15 is 0 Å². The van der Waals surface area contributed by atoms with Crippen LogP contribution in [0.1, 0.15) is 52.4 Å². The molecule has 1 saturated heterocycles. The molecule has 0 spiro atoms. The maximum atomic E-state index is 5.46. The fraction of sp³-hybridized carbons (Fsp3) is 1.00. The Bertz CT molecular complexity index is 233. The number of hydrogen-bond donors (Lipinski definition) is 1. The zero-order chi connectivity index (χ0) is 12.3. The van der Waals surface area contributed by atoms with Crippen LogP contribution >= 0.6 is 0 Å². The zero-order valence-corrected chi connectivity index (χ0v) is 11.8. The summed E-state index contributed by atoms with van der Waals surface area (Å²) in [4.78, 5) is 0. The van der Waals surface area contributed by atoms with Crippen LogP contribution in [0.4, 0.5) is 0 Å². The summed E-state index contributed by atoms with van der Waals surface area (Å²) in [6, 6.07) is 0.718. The van der Waals surface area contributed by atoms with Crippen LogP contribution in [0.25, 0.3) is 0 Å². The molecule has 2 aliphatic rings. The fourth-order valence-electron chi connectivity index (χ4n) is 3.92. The molecule has 0 bridgehead atoms. The lowest BCUT2D eigenvalue weighted by molar-refractivity contribution is 0.0544. The normalized spacial score (nSPS) is 31.6. The molecule has 2 rings (SSSR count). The third-order valence-electron chi connectivity index (χ3n) is 5.12. The molecule has 1 saturated carbocycles. The van der Waals surface area contributed by atoms with E-state index in [0.29, 0.717) is 5.41 Å². The summed E-state index contributed by atoms with van der Waals surface area (Å²) in [5.74, 6) is 1.76. The Morgan fingerprint density at radius 2 is 1.94 bits per heavy atom. The largest absolute Gasteiger partial charge is 0.381 e. The quantitative estimate of drug-likeness (QED) is 0.813. The second kappa shape index (κ2) is 5.71. The van der Waals surface area contributed by atoms with Crippen molar-refractivity contribution in [2.24, 2.45) is 17.3 Å². The lowest BCUT2D eigenvalue weighted by Gasteiger charge is -2.36. The average Bonchev–Trinajstić information content (AvgIpc) is 2.67. The van der Waals surface area contributed by atoms with E-state index in [9.17, 15) is 0 Å². The highest BCUT2D eigenvalue weighted by Gasteiger charge is 2.39. The summed E-state index contributed by atoms with van der Waals surface area (Å²) < 4.78 is 5.46. The Balaban J connectivity index is 1.91. The smallest absolute Gasteiger partial charge is 0.0468 e. The Labute approximate surface area is 107 Å². The van der Waals surface area contributed by atoms with E-state index in [0.717, 1.165) is 31.1 Å². The summed E-state index contributed by atoms with van der Waals surface area (Å²) in [6.07, 6.45) is 8.14. The van der Waals surface area contributed by atoms with Crippen molar-refractivity contribution in [2.75, 3.05) is 20.3 Å². The first-order chi connectivity index (χ1) is 8.13. The lowest BCUT2D eigenvalue weighted by atomic mass is 9.74. The van der Waals surface area contributed by atoms with E-state index in [-0.39, 0.29) is 0 Å². The standard InChI is InChI=1S/C15H29NO/c1-15(2)8-4-5-13(15)14(16-3)11-12-6-9-17-10-7-12/h12-14,16H,4-11H2,1-3H3. The van der Waals surface area contributed by atoms with E-state index in [1.165, 1.54) is 38.5 Å². The molecule has 100 valence electrons. The topological polar surface area (TPSA) is 21.3 Å². The van der Waals surface area contributed by atoms with Crippen molar-refractivity contribution in [1.82, 2.24) is 5.32 Å². The molecule has 0 radical (unpaired) electrons. The van der Waals surface area contributed by atoms with E-state index < -0.39 is 0 Å². The molecule has 0 aromatic rings. The van der Waals surface area contributed by atoms with Gasteiger partial charge in [0.25, 0.3) is 0 Å². The first-order valence-electron chi connectivity index (χ1n) is 7.38. The second-order valence-corrected chi connectivity index (χ2v) is 6.67. The van der Waals surface area contributed by atoms with Crippen molar-refractivity contribution in [2.45, 2.75) is 58.4 Å². The molecular formula is C15H29NO. The van der Waals surface area contributed by atoms with Crippen LogP contribution in [0, 0.1) is 17.3 Å². The van der Waals surface area contributed by atoms with Gasteiger partial charge in [0.2, 0.25) is 0 Å². The van der Waals surface area contributed by atoms with E-state index in [4.69, 9.17) is 4.74 Å². The van der Waals surface area contributed by atoms with Crippen molar-refractivity contribution in [3.8, 4) is 0 Å². The minimum Gasteiger partial charge on any atom is -0.381 e. The van der Waals surface area contributed by atoms with Crippen LogP contribution < -0.4 is 5.32 Å². The molecule has 2 heteroatoms. The average molecular weight is 239 g/mol. The van der Waals surface area contributed by atoms with E-state index in [2.05, 4.69) is 26.2 Å². The van der Waals surface area contributed by atoms with Gasteiger partial charge in [0.05, 0.1) is 0 Å². The second-order valence-electron chi connectivity index (χ2n) is 6.67. The SMILES string of the molecule is CNC(CC1CCOCC1)C1CCCC1(C)C. The highest BCUT2D eigenvalue weighted by molar-refractivity contribution is 4.92. The summed E-state index contributed by atoms with van der Waals surface area (Å²) in [6.45, 7) is 6.88. The zero-order valence-electron chi connectivity index (χ0n) is 11.8. The Kier molecular flexibility index (Phi) is 4.48. The first-order valence-corrected chi connectivity index (χ1v) is 7.38. The van der Waals surface area contributed by atoms with Crippen molar-refractivity contribution in [3.63, 3.8) is 0 Å². The lowest BCUT2D eigenvalue weighted by Crippen LogP contribution is -2.40. The van der Waals surface area contributed by atoms with Crippen LogP contribution in [0.3, 0.4) is 0 Å². The maximum Gasteiger partial charge on any atom is 0.0468 e. The van der Waals surface area contributed by atoms with Gasteiger partial charge in [-0.2, -0.15) is 0 Å². The van der Waals surface area contributed by atoms with E-state index in [1.54, 1.807) is 0 Å². The minimum absolute atomic E-state index is 0.541. The molecule has 17 heavy (non-hydrogen) atoms. The Hall–Kier alpha value is -0.0800. The minimum atomic E-state index is 0.541. The van der Waals surface area contributed by atoms with Crippen molar-refractivity contribution in [1.29, 1.82) is 0 Å². The van der Waals surface area contributed by atoms with Crippen molar-refractivity contribution in [3.05, 3.63) is 0 Å². The number of nitrogens with one attached hydrogen (secondary N) is 1. The molecule has 1 aliphatic carbocycles. The van der Waals surface area contributed by atoms with Crippen LogP contribution in [-0.2, 0) is 4.74 Å². The van der Waals surface area contributed by atoms with Gasteiger partial charge in [-0.25, -0.2) is 0 Å². The predicted octanol–water partition coefficient (Wildman–Crippen LogP) is 3.22. The van der Waals surface area contributed by atoms with Gasteiger partial charge in [-0.05, 0) is 56.4 Å². The van der Waals surface area contributed by atoms with Gasteiger partial charge in [-0.3, -0.25) is 0 Å². The summed E-state index contributed by atoms with van der Waals surface area (Å²) in [5.41, 5.74) is 0.541. The molecule has 1 N–H and O–H groups in total. The molecule has 0 amide bonds. The van der Waals surface area contributed by atoms with Gasteiger partial charge < -0.3 is 10.1 Å². The number of hydrogen-bond acceptors (Lipinski definition) is 2. The monoisotopic (exact) mass is 239 g/mol. The molecular weight excluding hydrogens is 210 g/mol. The summed E-state index contributed by atoms with van der Waals surface area (Å²) >= 11 is 0. The predicted molar refractivity (Wildman–Crippen MR) is 72.1 cm³/mol. The third-order valence-corrected chi connectivity index (χ3v) is 5.12. The van der Waals surface area contributed by atoms with Crippen LogP contribution in [-0.4, -0.2) is 26.3 Å². The van der Waals surface area contributed by atoms with Gasteiger partial charge in [-0.15, -0.1) is 0 Å². The maximum absolute atomic E-state index is 5.46. The van der Waals surface area contributed by atoms with Gasteiger partial charge >= 0.3 is 0 Å². The Morgan fingerprint density at radius 3 is 2.47 bits per heavy atom. The third kappa shape index (κ3) is 3.23. The summed E-state index contributed by atoms with van der Waals surface area (Å²) in [7, 11) is 2.15. The molecule has 2 nitrogen and oxygen atoms in total. The molecule has 2 unspecified atom stereocenters. The van der Waals surface area contributed by atoms with Crippen molar-refractivity contribution >= 4 is 0 Å². The molecule has 2 fully saturated rings. The Morgan fingerprint density at radius 1 is 1.24 bits per heavy atom. The molecule has 1 heterocycles. The van der Waals surface area contributed by atoms with Gasteiger partial charge in [0.15, 0.2) is 0 Å².